The molecule has 31 heavy (non-hydrogen) atoms. The molecule has 0 radical (unpaired) electrons. The first-order chi connectivity index (χ1) is 15.0. The predicted octanol–water partition coefficient (Wildman–Crippen LogP) is 4.32. The summed E-state index contributed by atoms with van der Waals surface area (Å²) in [7, 11) is 0. The molecule has 0 aliphatic heterocycles. The molecule has 3 rings (SSSR count). The van der Waals surface area contributed by atoms with Crippen molar-refractivity contribution < 1.29 is 10.2 Å². The Morgan fingerprint density at radius 3 is 2.29 bits per heavy atom. The minimum atomic E-state index is -0.922. The number of hydrogen-bond acceptors (Lipinski definition) is 3. The van der Waals surface area contributed by atoms with Crippen molar-refractivity contribution in [2.24, 2.45) is 5.73 Å². The number of aliphatic hydroxyl groups excluding tert-OH is 2. The van der Waals surface area contributed by atoms with Crippen molar-refractivity contribution in [3.05, 3.63) is 106 Å². The van der Waals surface area contributed by atoms with Crippen LogP contribution in [0.25, 0.3) is 0 Å². The molecule has 3 nitrogen and oxygen atoms in total. The van der Waals surface area contributed by atoms with E-state index in [0.29, 0.717) is 6.42 Å². The smallest absolute Gasteiger partial charge is 0.0633 e. The number of halogens is 1. The second-order valence-electron chi connectivity index (χ2n) is 8.30. The Kier molecular flexibility index (Phi) is 8.51. The predicted molar refractivity (Wildman–Crippen MR) is 126 cm³/mol. The number of benzene rings is 2. The summed E-state index contributed by atoms with van der Waals surface area (Å²) >= 11 is 6.53. The van der Waals surface area contributed by atoms with Gasteiger partial charge in [0.1, 0.15) is 0 Å². The van der Waals surface area contributed by atoms with Crippen LogP contribution >= 0.6 is 11.6 Å². The molecule has 0 aliphatic rings. The molecule has 162 valence electrons. The summed E-state index contributed by atoms with van der Waals surface area (Å²) < 4.78 is 0. The summed E-state index contributed by atoms with van der Waals surface area (Å²) in [6.45, 7) is -0.449. The third-order valence-electron chi connectivity index (χ3n) is 5.69. The van der Waals surface area contributed by atoms with Gasteiger partial charge in [-0.25, -0.2) is 0 Å². The number of rotatable bonds is 11. The van der Waals surface area contributed by atoms with Crippen LogP contribution in [0.15, 0.2) is 60.7 Å². The number of aliphatic hydroxyl groups is 2. The minimum Gasteiger partial charge on any atom is -0.394 e. The highest BCUT2D eigenvalue weighted by molar-refractivity contribution is 6.31. The Balaban J connectivity index is 1.57. The van der Waals surface area contributed by atoms with Gasteiger partial charge in [0, 0.05) is 5.02 Å². The zero-order valence-electron chi connectivity index (χ0n) is 17.8. The maximum Gasteiger partial charge on any atom is 0.0633 e. The van der Waals surface area contributed by atoms with Crippen LogP contribution in [-0.2, 0) is 25.7 Å². The first-order valence-electron chi connectivity index (χ1n) is 10.7. The third-order valence-corrected chi connectivity index (χ3v) is 6.04. The van der Waals surface area contributed by atoms with Crippen LogP contribution in [0.3, 0.4) is 0 Å². The van der Waals surface area contributed by atoms with Gasteiger partial charge in [-0.15, -0.1) is 0 Å². The summed E-state index contributed by atoms with van der Waals surface area (Å²) in [4.78, 5) is 0. The van der Waals surface area contributed by atoms with Gasteiger partial charge in [0.25, 0.3) is 0 Å². The quantitative estimate of drug-likeness (QED) is 0.420. The van der Waals surface area contributed by atoms with Crippen molar-refractivity contribution in [3.8, 4) is 0 Å². The molecular weight excluding hydrogens is 406 g/mol. The van der Waals surface area contributed by atoms with E-state index in [4.69, 9.17) is 17.3 Å². The second kappa shape index (κ2) is 11.3. The van der Waals surface area contributed by atoms with E-state index >= 15 is 0 Å². The molecule has 0 saturated carbocycles. The lowest BCUT2D eigenvalue weighted by Crippen LogP contribution is -2.47. The lowest BCUT2D eigenvalue weighted by molar-refractivity contribution is 0.113. The van der Waals surface area contributed by atoms with E-state index in [1.54, 1.807) is 0 Å². The molecule has 0 amide bonds. The van der Waals surface area contributed by atoms with Crippen LogP contribution in [0.1, 0.15) is 40.7 Å². The molecule has 0 bridgehead atoms. The molecule has 3 aromatic rings. The zero-order valence-corrected chi connectivity index (χ0v) is 18.5. The monoisotopic (exact) mass is 435 g/mol. The summed E-state index contributed by atoms with van der Waals surface area (Å²) in [5.41, 5.74) is 11.1. The highest BCUT2D eigenvalue weighted by atomic mass is 35.5. The lowest BCUT2D eigenvalue weighted by Gasteiger charge is -2.24. The van der Waals surface area contributed by atoms with Gasteiger partial charge in [-0.2, -0.15) is 0 Å². The number of hydrogen-bond donors (Lipinski definition) is 3. The summed E-state index contributed by atoms with van der Waals surface area (Å²) in [6.07, 6.45) is 4.90. The van der Waals surface area contributed by atoms with E-state index in [1.165, 1.54) is 22.3 Å². The van der Waals surface area contributed by atoms with Crippen molar-refractivity contribution in [2.45, 2.75) is 44.1 Å². The maximum atomic E-state index is 9.31. The Hall–Kier alpha value is -2.35. The molecule has 4 N–H and O–H groups in total. The highest BCUT2D eigenvalue weighted by Gasteiger charge is 2.22. The lowest BCUT2D eigenvalue weighted by atomic mass is 9.93. The second-order valence-corrected chi connectivity index (χ2v) is 8.70. The van der Waals surface area contributed by atoms with Gasteiger partial charge in [-0.05, 0) is 90.6 Å². The molecule has 0 saturated heterocycles. The van der Waals surface area contributed by atoms with Gasteiger partial charge in [0.2, 0.25) is 0 Å². The van der Waals surface area contributed by atoms with Crippen LogP contribution in [0.5, 0.6) is 0 Å². The molecular formula is C27H30ClNO2. The van der Waals surface area contributed by atoms with Crippen molar-refractivity contribution in [3.63, 3.8) is 0 Å². The van der Waals surface area contributed by atoms with E-state index in [0.717, 1.165) is 42.7 Å². The summed E-state index contributed by atoms with van der Waals surface area (Å²) in [5, 5.41) is 19.4. The number of nitrogens with two attached hydrogens (primary N) is 1. The molecule has 0 aromatic heterocycles. The normalized spacial score (nSPS) is 11.4. The van der Waals surface area contributed by atoms with Gasteiger partial charge in [-0.1, -0.05) is 60.1 Å². The largest absolute Gasteiger partial charge is 0.394 e. The maximum absolute atomic E-state index is 9.31. The highest BCUT2D eigenvalue weighted by Crippen LogP contribution is 2.23. The molecule has 0 atom stereocenters. The summed E-state index contributed by atoms with van der Waals surface area (Å²) in [6, 6.07) is 26.9. The van der Waals surface area contributed by atoms with Crippen LogP contribution in [-0.4, -0.2) is 29.0 Å². The average molecular weight is 436 g/mol. The fraction of sp³-hybridized carbons (Fsp3) is 0.333. The molecule has 0 unspecified atom stereocenters. The fourth-order valence-electron chi connectivity index (χ4n) is 3.70. The Morgan fingerprint density at radius 1 is 0.839 bits per heavy atom. The Labute approximate surface area is 190 Å². The first-order valence-corrected chi connectivity index (χ1v) is 11.1. The van der Waals surface area contributed by atoms with Gasteiger partial charge in [-0.3, -0.25) is 0 Å². The SMILES string of the molecule is NC(CO)(CO)CCCc1ccc(Cc2cccc(CCc3cc#ccc3)c2)cc1Cl. The summed E-state index contributed by atoms with van der Waals surface area (Å²) in [5.74, 6) is 0. The van der Waals surface area contributed by atoms with E-state index < -0.39 is 5.54 Å². The van der Waals surface area contributed by atoms with Gasteiger partial charge in [0.15, 0.2) is 0 Å². The topological polar surface area (TPSA) is 66.5 Å². The van der Waals surface area contributed by atoms with Crippen LogP contribution in [0.2, 0.25) is 5.02 Å². The van der Waals surface area contributed by atoms with Crippen molar-refractivity contribution in [2.75, 3.05) is 13.2 Å². The molecule has 0 aliphatic carbocycles. The Morgan fingerprint density at radius 2 is 1.58 bits per heavy atom. The van der Waals surface area contributed by atoms with Crippen molar-refractivity contribution in [1.29, 1.82) is 0 Å². The van der Waals surface area contributed by atoms with Crippen LogP contribution in [0.4, 0.5) is 0 Å². The van der Waals surface area contributed by atoms with Crippen LogP contribution in [0, 0.1) is 12.1 Å². The molecule has 4 heteroatoms. The van der Waals surface area contributed by atoms with E-state index in [-0.39, 0.29) is 13.2 Å². The zero-order chi connectivity index (χ0) is 22.1. The van der Waals surface area contributed by atoms with Crippen LogP contribution < -0.4 is 5.73 Å². The van der Waals surface area contributed by atoms with Gasteiger partial charge in [0.05, 0.1) is 18.8 Å². The first kappa shape index (κ1) is 23.3. The number of aryl methyl sites for hydroxylation is 3. The standard InChI is InChI=1S/C27H30ClNO2/c28-26-18-24(13-14-25(26)10-5-15-27(29,19-30)20-31)17-23-9-4-8-22(16-23)12-11-21-6-2-1-3-7-21/h2,4,6-9,13-14,16,18,30-31H,5,10-12,15,17,19-20,29H2. The van der Waals surface area contributed by atoms with Crippen molar-refractivity contribution in [1.82, 2.24) is 0 Å². The van der Waals surface area contributed by atoms with E-state index in [9.17, 15) is 10.2 Å². The van der Waals surface area contributed by atoms with E-state index in [2.05, 4.69) is 54.6 Å². The molecule has 0 heterocycles. The fourth-order valence-corrected chi connectivity index (χ4v) is 3.99. The van der Waals surface area contributed by atoms with Gasteiger partial charge < -0.3 is 15.9 Å². The van der Waals surface area contributed by atoms with Crippen molar-refractivity contribution >= 4 is 11.6 Å². The molecule has 0 spiro atoms. The van der Waals surface area contributed by atoms with Gasteiger partial charge >= 0.3 is 0 Å². The molecule has 3 aromatic carbocycles. The Bertz CT molecular complexity index is 954. The average Bonchev–Trinajstić information content (AvgIpc) is 2.80. The third kappa shape index (κ3) is 7.09. The van der Waals surface area contributed by atoms with E-state index in [1.807, 2.05) is 18.2 Å². The molecule has 0 fully saturated rings. The minimum absolute atomic E-state index is 0.225.